The number of nitrogens with zero attached hydrogens (tertiary/aromatic N) is 2. The minimum absolute atomic E-state index is 0.346. The van der Waals surface area contributed by atoms with Gasteiger partial charge in [-0.25, -0.2) is 0 Å². The highest BCUT2D eigenvalue weighted by molar-refractivity contribution is 7.04. The molecular formula is C63H62N2O2Si2. The van der Waals surface area contributed by atoms with E-state index in [4.69, 9.17) is 9.47 Å². The summed E-state index contributed by atoms with van der Waals surface area (Å²) < 4.78 is 13.7. The van der Waals surface area contributed by atoms with Gasteiger partial charge in [0.15, 0.2) is 23.0 Å². The molecule has 0 radical (unpaired) electrons. The summed E-state index contributed by atoms with van der Waals surface area (Å²) in [5.74, 6) is 5.48. The highest BCUT2D eigenvalue weighted by Gasteiger charge is 2.43. The number of hydrogen-bond acceptors (Lipinski definition) is 4. The van der Waals surface area contributed by atoms with Crippen LogP contribution in [0, 0.1) is 11.8 Å². The summed E-state index contributed by atoms with van der Waals surface area (Å²) in [5, 5.41) is 5.98. The second-order valence-electron chi connectivity index (χ2n) is 21.7. The summed E-state index contributed by atoms with van der Waals surface area (Å²) in [4.78, 5) is 4.98. The van der Waals surface area contributed by atoms with E-state index >= 15 is 0 Å². The molecule has 0 bridgehead atoms. The Kier molecular flexibility index (Phi) is 10.1. The summed E-state index contributed by atoms with van der Waals surface area (Å²) in [6.45, 7) is 24.1. The van der Waals surface area contributed by atoms with Crippen molar-refractivity contribution in [3.63, 3.8) is 0 Å². The number of benzene rings is 8. The number of para-hydroxylation sites is 6. The molecule has 4 heterocycles. The minimum Gasteiger partial charge on any atom is -0.453 e. The Bertz CT molecular complexity index is 3400. The first-order valence-corrected chi connectivity index (χ1v) is 31.3. The minimum atomic E-state index is -2.14. The molecule has 0 amide bonds. The highest BCUT2D eigenvalue weighted by Crippen LogP contribution is 2.57. The summed E-state index contributed by atoms with van der Waals surface area (Å²) in [7, 11) is -4.28. The molecule has 0 fully saturated rings. The molecule has 4 nitrogen and oxygen atoms in total. The molecule has 4 aliphatic heterocycles. The van der Waals surface area contributed by atoms with Gasteiger partial charge in [-0.2, -0.15) is 0 Å². The normalized spacial score (nSPS) is 16.0. The van der Waals surface area contributed by atoms with Gasteiger partial charge in [-0.1, -0.05) is 177 Å². The van der Waals surface area contributed by atoms with Crippen LogP contribution in [0.25, 0.3) is 33.4 Å². The van der Waals surface area contributed by atoms with E-state index in [1.165, 1.54) is 76.6 Å². The third-order valence-electron chi connectivity index (χ3n) is 16.5. The molecule has 0 saturated carbocycles. The van der Waals surface area contributed by atoms with E-state index < -0.39 is 16.1 Å². The second kappa shape index (κ2) is 16.0. The number of ether oxygens (including phenoxy) is 2. The summed E-state index contributed by atoms with van der Waals surface area (Å²) in [5.41, 5.74) is 17.4. The van der Waals surface area contributed by atoms with E-state index in [1.807, 2.05) is 0 Å². The Hall–Kier alpha value is -6.61. The molecule has 6 heteroatoms. The highest BCUT2D eigenvalue weighted by atomic mass is 28.3. The molecule has 0 aliphatic carbocycles. The Morgan fingerprint density at radius 2 is 0.841 bits per heavy atom. The van der Waals surface area contributed by atoms with Crippen LogP contribution in [0.5, 0.6) is 23.0 Å². The monoisotopic (exact) mass is 934 g/mol. The molecule has 4 aliphatic rings. The van der Waals surface area contributed by atoms with E-state index in [2.05, 4.69) is 235 Å². The molecule has 8 aromatic carbocycles. The SMILES string of the molecule is CCC(c1cccc2c1Oc1ccccc1N2c1cccc2c1-c1ccc(-c3ccc4c(c3)[Si](C)(C)c3cccc(N5c6ccccc6Oc6c(C(C)C(C)C)cccc65)c3-4)cc1[Si]2(C)C)C(C)C. The zero-order valence-electron chi connectivity index (χ0n) is 41.7. The van der Waals surface area contributed by atoms with Crippen LogP contribution in [-0.2, 0) is 0 Å². The van der Waals surface area contributed by atoms with E-state index in [1.54, 1.807) is 0 Å². The first-order chi connectivity index (χ1) is 33.3. The fraction of sp³-hybridized carbons (Fsp3) is 0.238. The lowest BCUT2D eigenvalue weighted by Gasteiger charge is -2.36. The van der Waals surface area contributed by atoms with Crippen molar-refractivity contribution in [3.05, 3.63) is 169 Å². The van der Waals surface area contributed by atoms with Crippen LogP contribution in [0.4, 0.5) is 34.1 Å². The van der Waals surface area contributed by atoms with E-state index in [0.29, 0.717) is 23.7 Å². The molecule has 8 aromatic rings. The van der Waals surface area contributed by atoms with Gasteiger partial charge in [0.05, 0.1) is 34.1 Å². The topological polar surface area (TPSA) is 24.9 Å². The predicted octanol–water partition coefficient (Wildman–Crippen LogP) is 16.0. The van der Waals surface area contributed by atoms with Crippen molar-refractivity contribution in [2.75, 3.05) is 9.80 Å². The van der Waals surface area contributed by atoms with E-state index in [0.717, 1.165) is 52.2 Å². The molecular weight excluding hydrogens is 873 g/mol. The Morgan fingerprint density at radius 3 is 1.30 bits per heavy atom. The molecule has 2 atom stereocenters. The quantitative estimate of drug-likeness (QED) is 0.142. The van der Waals surface area contributed by atoms with Crippen LogP contribution >= 0.6 is 0 Å². The van der Waals surface area contributed by atoms with Crippen LogP contribution in [0.15, 0.2) is 158 Å². The zero-order valence-corrected chi connectivity index (χ0v) is 43.7. The number of rotatable bonds is 8. The average Bonchev–Trinajstić information content (AvgIpc) is 3.73. The van der Waals surface area contributed by atoms with Crippen molar-refractivity contribution in [2.24, 2.45) is 11.8 Å². The van der Waals surface area contributed by atoms with Crippen molar-refractivity contribution in [1.29, 1.82) is 0 Å². The lowest BCUT2D eigenvalue weighted by Crippen LogP contribution is -2.49. The maximum Gasteiger partial charge on any atom is 0.155 e. The molecule has 69 heavy (non-hydrogen) atoms. The summed E-state index contributed by atoms with van der Waals surface area (Å²) in [6.07, 6.45) is 1.06. The molecule has 0 aromatic heterocycles. The smallest absolute Gasteiger partial charge is 0.155 e. The van der Waals surface area contributed by atoms with Gasteiger partial charge in [0.2, 0.25) is 0 Å². The van der Waals surface area contributed by atoms with Crippen LogP contribution in [0.2, 0.25) is 26.2 Å². The van der Waals surface area contributed by atoms with Crippen molar-refractivity contribution in [1.82, 2.24) is 0 Å². The van der Waals surface area contributed by atoms with Gasteiger partial charge in [-0.3, -0.25) is 0 Å². The van der Waals surface area contributed by atoms with E-state index in [-0.39, 0.29) is 0 Å². The Balaban J connectivity index is 0.967. The van der Waals surface area contributed by atoms with Gasteiger partial charge in [-0.05, 0) is 122 Å². The van der Waals surface area contributed by atoms with Crippen LogP contribution in [0.3, 0.4) is 0 Å². The fourth-order valence-corrected chi connectivity index (χ4v) is 18.6. The van der Waals surface area contributed by atoms with Crippen molar-refractivity contribution in [3.8, 4) is 56.4 Å². The van der Waals surface area contributed by atoms with Crippen LogP contribution in [-0.4, -0.2) is 16.1 Å². The molecule has 2 unspecified atom stereocenters. The third-order valence-corrected chi connectivity index (χ3v) is 23.5. The summed E-state index contributed by atoms with van der Waals surface area (Å²) in [6, 6.07) is 59.5. The zero-order chi connectivity index (χ0) is 47.7. The first kappa shape index (κ1) is 43.7. The average molecular weight is 935 g/mol. The fourth-order valence-electron chi connectivity index (χ4n) is 12.4. The predicted molar refractivity (Wildman–Crippen MR) is 297 cm³/mol. The van der Waals surface area contributed by atoms with Gasteiger partial charge in [-0.15, -0.1) is 0 Å². The van der Waals surface area contributed by atoms with Gasteiger partial charge < -0.3 is 19.3 Å². The number of anilines is 6. The third kappa shape index (κ3) is 6.44. The lowest BCUT2D eigenvalue weighted by molar-refractivity contribution is 0.433. The molecule has 0 spiro atoms. The Morgan fingerprint density at radius 1 is 0.420 bits per heavy atom. The largest absolute Gasteiger partial charge is 0.453 e. The molecule has 0 saturated heterocycles. The van der Waals surface area contributed by atoms with Crippen molar-refractivity contribution in [2.45, 2.75) is 86.0 Å². The Labute approximate surface area is 411 Å². The van der Waals surface area contributed by atoms with Crippen LogP contribution in [0.1, 0.15) is 70.9 Å². The number of hydrogen-bond donors (Lipinski definition) is 0. The van der Waals surface area contributed by atoms with Gasteiger partial charge in [0, 0.05) is 22.3 Å². The maximum atomic E-state index is 6.90. The van der Waals surface area contributed by atoms with Crippen molar-refractivity contribution < 1.29 is 9.47 Å². The number of fused-ring (bicyclic) bond motifs is 10. The van der Waals surface area contributed by atoms with Gasteiger partial charge in [0.1, 0.15) is 16.1 Å². The molecule has 12 rings (SSSR count). The molecule has 0 N–H and O–H groups in total. The van der Waals surface area contributed by atoms with Gasteiger partial charge in [0.25, 0.3) is 0 Å². The summed E-state index contributed by atoms with van der Waals surface area (Å²) >= 11 is 0. The second-order valence-corrected chi connectivity index (χ2v) is 30.3. The van der Waals surface area contributed by atoms with Gasteiger partial charge >= 0.3 is 0 Å². The van der Waals surface area contributed by atoms with Crippen LogP contribution < -0.4 is 40.0 Å². The molecule has 344 valence electrons. The maximum absolute atomic E-state index is 6.90. The van der Waals surface area contributed by atoms with Crippen molar-refractivity contribution >= 4 is 71.0 Å². The lowest BCUT2D eigenvalue weighted by atomic mass is 9.85. The first-order valence-electron chi connectivity index (χ1n) is 25.3. The van der Waals surface area contributed by atoms with E-state index in [9.17, 15) is 0 Å². The standard InChI is InChI=1S/C63H62N2O2Si2/c1-11-43(39(4)5)45-21-17-27-53-63(45)67-55-29-15-13-23-49(55)65(53)51-25-19-31-57-61(51)47-35-33-42(37-59(47)69(57,9)10)41-32-34-46-58(36-41)68(7,8)56-30-18-24-50(60(46)56)64-48-22-12-14-28-54(48)66-62-44(40(6)38(2)3)20-16-26-52(62)64/h12-40,43H,11H2,1-10H3.